The zero-order valence-corrected chi connectivity index (χ0v) is 11.6. The van der Waals surface area contributed by atoms with Crippen LogP contribution in [0.3, 0.4) is 0 Å². The molecule has 3 N–H and O–H groups in total. The molecular formula is C12H14ClN3O4. The van der Waals surface area contributed by atoms with Crippen molar-refractivity contribution in [1.29, 1.82) is 0 Å². The lowest BCUT2D eigenvalue weighted by molar-refractivity contribution is 0.168. The van der Waals surface area contributed by atoms with Gasteiger partial charge >= 0.3 is 6.09 Å². The lowest BCUT2D eigenvalue weighted by Crippen LogP contribution is -2.15. The SMILES string of the molecule is CCOC(=O)Nc1cc2c(cc1N=C(N)CCl)OCO2. The summed E-state index contributed by atoms with van der Waals surface area (Å²) in [5, 5.41) is 2.57. The summed E-state index contributed by atoms with van der Waals surface area (Å²) in [6.07, 6.45) is -0.590. The summed E-state index contributed by atoms with van der Waals surface area (Å²) in [5.41, 5.74) is 6.43. The van der Waals surface area contributed by atoms with Crippen LogP contribution in [0.2, 0.25) is 0 Å². The van der Waals surface area contributed by atoms with Crippen molar-refractivity contribution in [3.8, 4) is 11.5 Å². The van der Waals surface area contributed by atoms with E-state index in [2.05, 4.69) is 10.3 Å². The Morgan fingerprint density at radius 3 is 2.85 bits per heavy atom. The zero-order chi connectivity index (χ0) is 14.5. The average molecular weight is 300 g/mol. The van der Waals surface area contributed by atoms with Crippen LogP contribution >= 0.6 is 11.6 Å². The third kappa shape index (κ3) is 3.24. The highest BCUT2D eigenvalue weighted by atomic mass is 35.5. The van der Waals surface area contributed by atoms with Crippen molar-refractivity contribution in [3.05, 3.63) is 12.1 Å². The molecule has 7 nitrogen and oxygen atoms in total. The number of nitrogens with one attached hydrogen (secondary N) is 1. The molecule has 1 aromatic carbocycles. The van der Waals surface area contributed by atoms with Gasteiger partial charge in [0.05, 0.1) is 23.9 Å². The fourth-order valence-corrected chi connectivity index (χ4v) is 1.65. The van der Waals surface area contributed by atoms with Gasteiger partial charge in [0, 0.05) is 12.1 Å². The van der Waals surface area contributed by atoms with E-state index in [1.54, 1.807) is 19.1 Å². The van der Waals surface area contributed by atoms with Crippen LogP contribution in [0, 0.1) is 0 Å². The molecule has 0 aromatic heterocycles. The number of amidine groups is 1. The number of anilines is 1. The van der Waals surface area contributed by atoms with E-state index in [0.717, 1.165) is 0 Å². The van der Waals surface area contributed by atoms with Crippen LogP contribution in [0.15, 0.2) is 17.1 Å². The molecule has 108 valence electrons. The fourth-order valence-electron chi connectivity index (χ4n) is 1.59. The number of carbonyl (C=O) groups excluding carboxylic acids is 1. The van der Waals surface area contributed by atoms with E-state index < -0.39 is 6.09 Å². The minimum absolute atomic E-state index is 0.0767. The van der Waals surface area contributed by atoms with Gasteiger partial charge in [0.15, 0.2) is 11.5 Å². The second kappa shape index (κ2) is 6.33. The maximum Gasteiger partial charge on any atom is 0.411 e. The minimum Gasteiger partial charge on any atom is -0.454 e. The number of ether oxygens (including phenoxy) is 3. The van der Waals surface area contributed by atoms with Crippen molar-refractivity contribution in [2.45, 2.75) is 6.92 Å². The van der Waals surface area contributed by atoms with Gasteiger partial charge < -0.3 is 19.9 Å². The van der Waals surface area contributed by atoms with E-state index >= 15 is 0 Å². The number of halogens is 1. The molecule has 0 saturated carbocycles. The van der Waals surface area contributed by atoms with Crippen LogP contribution in [0.25, 0.3) is 0 Å². The smallest absolute Gasteiger partial charge is 0.411 e. The monoisotopic (exact) mass is 299 g/mol. The van der Waals surface area contributed by atoms with Gasteiger partial charge in [0.1, 0.15) is 5.84 Å². The van der Waals surface area contributed by atoms with Crippen LogP contribution in [0.1, 0.15) is 6.92 Å². The Morgan fingerprint density at radius 1 is 1.50 bits per heavy atom. The zero-order valence-electron chi connectivity index (χ0n) is 10.8. The molecule has 1 heterocycles. The lowest BCUT2D eigenvalue weighted by atomic mass is 10.2. The molecule has 8 heteroatoms. The first-order valence-corrected chi connectivity index (χ1v) is 6.44. The molecule has 0 fully saturated rings. The molecule has 20 heavy (non-hydrogen) atoms. The Kier molecular flexibility index (Phi) is 4.52. The molecule has 0 radical (unpaired) electrons. The van der Waals surface area contributed by atoms with E-state index in [1.807, 2.05) is 0 Å². The summed E-state index contributed by atoms with van der Waals surface area (Å²) in [6, 6.07) is 3.21. The predicted octanol–water partition coefficient (Wildman–Crippen LogP) is 2.21. The topological polar surface area (TPSA) is 95.2 Å². The molecule has 0 atom stereocenters. The minimum atomic E-state index is -0.590. The quantitative estimate of drug-likeness (QED) is 0.505. The Hall–Kier alpha value is -2.15. The number of amides is 1. The van der Waals surface area contributed by atoms with Gasteiger partial charge in [-0.05, 0) is 6.92 Å². The normalized spacial score (nSPS) is 13.2. The third-order valence-corrected chi connectivity index (χ3v) is 2.68. The molecule has 0 bridgehead atoms. The van der Waals surface area contributed by atoms with Gasteiger partial charge in [0.2, 0.25) is 6.79 Å². The first-order chi connectivity index (χ1) is 9.63. The number of hydrogen-bond donors (Lipinski definition) is 2. The molecule has 0 unspecified atom stereocenters. The summed E-state index contributed by atoms with van der Waals surface area (Å²) in [5.74, 6) is 1.34. The van der Waals surface area contributed by atoms with Gasteiger partial charge in [-0.2, -0.15) is 0 Å². The number of benzene rings is 1. The second-order valence-corrected chi connectivity index (χ2v) is 4.07. The van der Waals surface area contributed by atoms with E-state index in [4.69, 9.17) is 31.5 Å². The highest BCUT2D eigenvalue weighted by molar-refractivity contribution is 6.28. The maximum absolute atomic E-state index is 11.5. The average Bonchev–Trinajstić information content (AvgIpc) is 2.86. The number of aliphatic imine (C=N–C) groups is 1. The standard InChI is InChI=1S/C12H14ClN3O4/c1-2-18-12(17)16-8-4-10-9(19-6-20-10)3-7(8)15-11(14)5-13/h3-4H,2,5-6H2,1H3,(H2,14,15)(H,16,17). The van der Waals surface area contributed by atoms with Crippen molar-refractivity contribution in [2.24, 2.45) is 10.7 Å². The van der Waals surface area contributed by atoms with Crippen LogP contribution in [-0.4, -0.2) is 31.2 Å². The number of alkyl halides is 1. The highest BCUT2D eigenvalue weighted by Crippen LogP contribution is 2.41. The van der Waals surface area contributed by atoms with Crippen molar-refractivity contribution in [2.75, 3.05) is 24.6 Å². The summed E-state index contributed by atoms with van der Waals surface area (Å²) in [6.45, 7) is 2.09. The van der Waals surface area contributed by atoms with Gasteiger partial charge in [-0.3, -0.25) is 5.32 Å². The first-order valence-electron chi connectivity index (χ1n) is 5.90. The van der Waals surface area contributed by atoms with E-state index in [1.165, 1.54) is 0 Å². The van der Waals surface area contributed by atoms with Gasteiger partial charge in [-0.1, -0.05) is 0 Å². The molecule has 0 spiro atoms. The lowest BCUT2D eigenvalue weighted by Gasteiger charge is -2.10. The molecular weight excluding hydrogens is 286 g/mol. The van der Waals surface area contributed by atoms with Crippen LogP contribution < -0.4 is 20.5 Å². The number of carbonyl (C=O) groups is 1. The molecule has 0 saturated heterocycles. The molecule has 1 aromatic rings. The van der Waals surface area contributed by atoms with E-state index in [-0.39, 0.29) is 25.1 Å². The molecule has 1 aliphatic heterocycles. The van der Waals surface area contributed by atoms with Crippen molar-refractivity contribution >= 4 is 34.9 Å². The molecule has 0 aliphatic carbocycles. The molecule has 1 aliphatic rings. The van der Waals surface area contributed by atoms with E-state index in [0.29, 0.717) is 22.9 Å². The molecule has 1 amide bonds. The fraction of sp³-hybridized carbons (Fsp3) is 0.333. The third-order valence-electron chi connectivity index (χ3n) is 2.40. The van der Waals surface area contributed by atoms with Gasteiger partial charge in [0.25, 0.3) is 0 Å². The van der Waals surface area contributed by atoms with E-state index in [9.17, 15) is 4.79 Å². The summed E-state index contributed by atoms with van der Waals surface area (Å²) in [4.78, 5) is 15.6. The number of nitrogens with two attached hydrogens (primary N) is 1. The number of hydrogen-bond acceptors (Lipinski definition) is 5. The van der Waals surface area contributed by atoms with Crippen LogP contribution in [0.5, 0.6) is 11.5 Å². The Morgan fingerprint density at radius 2 is 2.20 bits per heavy atom. The van der Waals surface area contributed by atoms with Gasteiger partial charge in [-0.15, -0.1) is 11.6 Å². The van der Waals surface area contributed by atoms with Crippen molar-refractivity contribution in [1.82, 2.24) is 0 Å². The maximum atomic E-state index is 11.5. The Balaban J connectivity index is 2.34. The van der Waals surface area contributed by atoms with Crippen molar-refractivity contribution < 1.29 is 19.0 Å². The van der Waals surface area contributed by atoms with Crippen LogP contribution in [0.4, 0.5) is 16.2 Å². The van der Waals surface area contributed by atoms with Gasteiger partial charge in [-0.25, -0.2) is 9.79 Å². The summed E-state index contributed by atoms with van der Waals surface area (Å²) in [7, 11) is 0. The highest BCUT2D eigenvalue weighted by Gasteiger charge is 2.18. The Bertz CT molecular complexity index is 548. The summed E-state index contributed by atoms with van der Waals surface area (Å²) >= 11 is 5.60. The van der Waals surface area contributed by atoms with Crippen molar-refractivity contribution in [3.63, 3.8) is 0 Å². The number of rotatable bonds is 4. The predicted molar refractivity (Wildman–Crippen MR) is 75.2 cm³/mol. The molecule has 2 rings (SSSR count). The number of fused-ring (bicyclic) bond motifs is 1. The Labute approximate surface area is 120 Å². The second-order valence-electron chi connectivity index (χ2n) is 3.80. The number of nitrogens with zero attached hydrogens (tertiary/aromatic N) is 1. The largest absolute Gasteiger partial charge is 0.454 e. The van der Waals surface area contributed by atoms with Crippen LogP contribution in [-0.2, 0) is 4.74 Å². The first kappa shape index (κ1) is 14.3. The summed E-state index contributed by atoms with van der Waals surface area (Å²) < 4.78 is 15.3.